The lowest BCUT2D eigenvalue weighted by molar-refractivity contribution is -0.000251. The van der Waals surface area contributed by atoms with Crippen molar-refractivity contribution in [3.63, 3.8) is 0 Å². The Kier molecular flexibility index (Phi) is 10.3. The van der Waals surface area contributed by atoms with Crippen LogP contribution in [0.25, 0.3) is 0 Å². The van der Waals surface area contributed by atoms with E-state index in [0.29, 0.717) is 23.2 Å². The number of nitrogens with zero attached hydrogens (tertiary/aromatic N) is 3. The molecule has 0 saturated carbocycles. The molecular weight excluding hydrogens is 432 g/mol. The Balaban J connectivity index is 0.000000479. The molecular formula is C26H32N4O4. The number of rotatable bonds is 3. The van der Waals surface area contributed by atoms with Crippen molar-refractivity contribution in [2.75, 3.05) is 0 Å². The summed E-state index contributed by atoms with van der Waals surface area (Å²) in [5.74, 6) is 0. The van der Waals surface area contributed by atoms with Gasteiger partial charge in [0.1, 0.15) is 11.2 Å². The largest absolute Gasteiger partial charge is 0.443 e. The molecule has 8 heteroatoms. The van der Waals surface area contributed by atoms with E-state index < -0.39 is 23.4 Å². The van der Waals surface area contributed by atoms with Crippen LogP contribution in [-0.2, 0) is 22.6 Å². The summed E-state index contributed by atoms with van der Waals surface area (Å²) in [5, 5.41) is 17.4. The van der Waals surface area contributed by atoms with Gasteiger partial charge in [0.15, 0.2) is 0 Å². The number of hydrogen-bond acceptors (Lipinski definition) is 7. The second kappa shape index (κ2) is 12.4. The summed E-state index contributed by atoms with van der Waals surface area (Å²) in [4.78, 5) is 25.7. The number of nitrogens with two attached hydrogens (primary N) is 1. The van der Waals surface area contributed by atoms with E-state index in [1.54, 1.807) is 77.9 Å². The van der Waals surface area contributed by atoms with Gasteiger partial charge in [-0.2, -0.15) is 10.5 Å². The molecule has 2 aromatic carbocycles. The molecule has 0 aliphatic rings. The number of carbonyl (C=O) groups is 2. The van der Waals surface area contributed by atoms with Crippen LogP contribution >= 0.6 is 0 Å². The molecule has 0 aliphatic heterocycles. The van der Waals surface area contributed by atoms with E-state index in [9.17, 15) is 9.59 Å². The Hall–Kier alpha value is -3.88. The van der Waals surface area contributed by atoms with Gasteiger partial charge in [0, 0.05) is 6.54 Å². The zero-order chi connectivity index (χ0) is 25.9. The number of nitriles is 2. The molecule has 0 atom stereocenters. The maximum atomic E-state index is 12.4. The van der Waals surface area contributed by atoms with Gasteiger partial charge in [-0.05, 0) is 76.9 Å². The Labute approximate surface area is 201 Å². The number of amides is 2. The Morgan fingerprint density at radius 1 is 0.824 bits per heavy atom. The molecule has 0 spiro atoms. The molecule has 34 heavy (non-hydrogen) atoms. The minimum absolute atomic E-state index is 0.0423. The third kappa shape index (κ3) is 10.6. The predicted octanol–water partition coefficient (Wildman–Crippen LogP) is 5.25. The topological polar surface area (TPSA) is 129 Å². The fraction of sp³-hybridized carbons (Fsp3) is 0.385. The molecule has 0 bridgehead atoms. The minimum Gasteiger partial charge on any atom is -0.443 e. The molecule has 0 fully saturated rings. The van der Waals surface area contributed by atoms with Crippen molar-refractivity contribution in [1.82, 2.24) is 4.90 Å². The summed E-state index contributed by atoms with van der Waals surface area (Å²) in [7, 11) is 0. The van der Waals surface area contributed by atoms with Gasteiger partial charge >= 0.3 is 12.2 Å². The van der Waals surface area contributed by atoms with E-state index in [2.05, 4.69) is 0 Å². The maximum absolute atomic E-state index is 12.4. The number of ether oxygens (including phenoxy) is 2. The maximum Gasteiger partial charge on any atom is 0.420 e. The molecule has 0 radical (unpaired) electrons. The first-order valence-electron chi connectivity index (χ1n) is 10.7. The van der Waals surface area contributed by atoms with Crippen LogP contribution in [0.3, 0.4) is 0 Å². The molecule has 180 valence electrons. The number of hydrogen-bond donors (Lipinski definition) is 1. The highest BCUT2D eigenvalue weighted by Crippen LogP contribution is 2.17. The average Bonchev–Trinajstić information content (AvgIpc) is 2.75. The van der Waals surface area contributed by atoms with E-state index in [-0.39, 0.29) is 6.54 Å². The van der Waals surface area contributed by atoms with E-state index in [4.69, 9.17) is 25.7 Å². The standard InChI is InChI=1S/C18H24N2O4.C8H8N2/c1-17(2,3)23-15(21)20(16(22)24-18(4,5)6)12-14-9-7-8-13(10-14)11-19;9-5-7-2-1-3-8(4-7)6-10/h7-10H,12H2,1-6H3;1-4H,5,9H2. The van der Waals surface area contributed by atoms with Crippen molar-refractivity contribution in [2.45, 2.75) is 65.8 Å². The van der Waals surface area contributed by atoms with Gasteiger partial charge in [0.25, 0.3) is 0 Å². The summed E-state index contributed by atoms with van der Waals surface area (Å²) >= 11 is 0. The van der Waals surface area contributed by atoms with Gasteiger partial charge in [-0.15, -0.1) is 0 Å². The quantitative estimate of drug-likeness (QED) is 0.657. The summed E-state index contributed by atoms with van der Waals surface area (Å²) in [6.45, 7) is 10.8. The summed E-state index contributed by atoms with van der Waals surface area (Å²) in [5.41, 5.74) is 6.62. The SMILES string of the molecule is CC(C)(C)OC(=O)N(Cc1cccc(C#N)c1)C(=O)OC(C)(C)C.N#Cc1cccc(CN)c1. The van der Waals surface area contributed by atoms with Gasteiger partial charge in [-0.1, -0.05) is 24.3 Å². The molecule has 0 unspecified atom stereocenters. The van der Waals surface area contributed by atoms with Crippen molar-refractivity contribution in [3.8, 4) is 12.1 Å². The predicted molar refractivity (Wildman–Crippen MR) is 128 cm³/mol. The van der Waals surface area contributed by atoms with Crippen LogP contribution in [0, 0.1) is 22.7 Å². The fourth-order valence-electron chi connectivity index (χ4n) is 2.53. The molecule has 2 aromatic rings. The fourth-order valence-corrected chi connectivity index (χ4v) is 2.53. The molecule has 0 saturated heterocycles. The number of benzene rings is 2. The van der Waals surface area contributed by atoms with Gasteiger partial charge in [0.2, 0.25) is 0 Å². The second-order valence-electron chi connectivity index (χ2n) is 9.38. The van der Waals surface area contributed by atoms with E-state index in [1.165, 1.54) is 0 Å². The van der Waals surface area contributed by atoms with Gasteiger partial charge in [-0.25, -0.2) is 14.5 Å². The van der Waals surface area contributed by atoms with Crippen molar-refractivity contribution in [2.24, 2.45) is 5.73 Å². The van der Waals surface area contributed by atoms with Crippen LogP contribution in [0.2, 0.25) is 0 Å². The Bertz CT molecular complexity index is 1040. The smallest absolute Gasteiger partial charge is 0.420 e. The van der Waals surface area contributed by atoms with Crippen molar-refractivity contribution in [3.05, 3.63) is 70.8 Å². The lowest BCUT2D eigenvalue weighted by Crippen LogP contribution is -2.43. The number of imide groups is 1. The Morgan fingerprint density at radius 2 is 1.24 bits per heavy atom. The molecule has 2 N–H and O–H groups in total. The number of carbonyl (C=O) groups excluding carboxylic acids is 2. The van der Waals surface area contributed by atoms with Crippen molar-refractivity contribution < 1.29 is 19.1 Å². The van der Waals surface area contributed by atoms with Gasteiger partial charge in [0.05, 0.1) is 29.8 Å². The summed E-state index contributed by atoms with van der Waals surface area (Å²) in [6, 6.07) is 18.0. The zero-order valence-corrected chi connectivity index (χ0v) is 20.6. The first kappa shape index (κ1) is 28.2. The normalized spacial score (nSPS) is 10.6. The average molecular weight is 465 g/mol. The van der Waals surface area contributed by atoms with Crippen LogP contribution in [0.5, 0.6) is 0 Å². The van der Waals surface area contributed by atoms with Crippen molar-refractivity contribution >= 4 is 12.2 Å². The van der Waals surface area contributed by atoms with E-state index in [1.807, 2.05) is 24.3 Å². The lowest BCUT2D eigenvalue weighted by Gasteiger charge is -2.28. The highest BCUT2D eigenvalue weighted by Gasteiger charge is 2.31. The monoisotopic (exact) mass is 464 g/mol. The molecule has 8 nitrogen and oxygen atoms in total. The molecule has 2 rings (SSSR count). The molecule has 0 aromatic heterocycles. The summed E-state index contributed by atoms with van der Waals surface area (Å²) in [6.07, 6.45) is -1.58. The first-order valence-corrected chi connectivity index (χ1v) is 10.7. The van der Waals surface area contributed by atoms with Crippen LogP contribution in [0.15, 0.2) is 48.5 Å². The van der Waals surface area contributed by atoms with E-state index >= 15 is 0 Å². The first-order chi connectivity index (χ1) is 15.8. The van der Waals surface area contributed by atoms with Crippen LogP contribution in [-0.4, -0.2) is 28.3 Å². The van der Waals surface area contributed by atoms with Crippen molar-refractivity contribution in [1.29, 1.82) is 10.5 Å². The molecule has 0 heterocycles. The Morgan fingerprint density at radius 3 is 1.62 bits per heavy atom. The zero-order valence-electron chi connectivity index (χ0n) is 20.6. The molecule has 2 amide bonds. The highest BCUT2D eigenvalue weighted by molar-refractivity contribution is 5.88. The summed E-state index contributed by atoms with van der Waals surface area (Å²) < 4.78 is 10.6. The van der Waals surface area contributed by atoms with E-state index in [0.717, 1.165) is 10.5 Å². The minimum atomic E-state index is -0.792. The second-order valence-corrected chi connectivity index (χ2v) is 9.38. The van der Waals surface area contributed by atoms with Crippen LogP contribution in [0.1, 0.15) is 63.8 Å². The lowest BCUT2D eigenvalue weighted by atomic mass is 10.1. The van der Waals surface area contributed by atoms with Crippen LogP contribution in [0.4, 0.5) is 9.59 Å². The third-order valence-corrected chi connectivity index (χ3v) is 3.92. The van der Waals surface area contributed by atoms with Crippen LogP contribution < -0.4 is 5.73 Å². The molecule has 0 aliphatic carbocycles. The highest BCUT2D eigenvalue weighted by atomic mass is 16.6. The van der Waals surface area contributed by atoms with Gasteiger partial charge < -0.3 is 15.2 Å². The van der Waals surface area contributed by atoms with Gasteiger partial charge in [-0.3, -0.25) is 0 Å². The third-order valence-electron chi connectivity index (χ3n) is 3.92.